The van der Waals surface area contributed by atoms with Crippen molar-refractivity contribution in [1.29, 1.82) is 0 Å². The molecule has 3 nitrogen and oxygen atoms in total. The Morgan fingerprint density at radius 1 is 1.14 bits per heavy atom. The zero-order chi connectivity index (χ0) is 14.8. The number of fused-ring (bicyclic) bond motifs is 1. The SMILES string of the molecule is O=C(O)c1sc2ccccc2c1COc1ccc(I)cc1. The van der Waals surface area contributed by atoms with Gasteiger partial charge in [0.15, 0.2) is 0 Å². The summed E-state index contributed by atoms with van der Waals surface area (Å²) >= 11 is 3.52. The van der Waals surface area contributed by atoms with E-state index in [0.29, 0.717) is 4.88 Å². The molecule has 1 heterocycles. The highest BCUT2D eigenvalue weighted by Crippen LogP contribution is 2.32. The van der Waals surface area contributed by atoms with Crippen molar-refractivity contribution in [3.63, 3.8) is 0 Å². The fourth-order valence-electron chi connectivity index (χ4n) is 2.10. The van der Waals surface area contributed by atoms with E-state index in [1.807, 2.05) is 48.5 Å². The molecule has 3 aromatic rings. The normalized spacial score (nSPS) is 10.7. The van der Waals surface area contributed by atoms with E-state index in [1.54, 1.807) is 0 Å². The van der Waals surface area contributed by atoms with Gasteiger partial charge in [0.05, 0.1) is 0 Å². The van der Waals surface area contributed by atoms with Crippen LogP contribution in [0.4, 0.5) is 0 Å². The van der Waals surface area contributed by atoms with Gasteiger partial charge in [-0.25, -0.2) is 4.79 Å². The number of thiophene rings is 1. The summed E-state index contributed by atoms with van der Waals surface area (Å²) in [4.78, 5) is 11.8. The fourth-order valence-corrected chi connectivity index (χ4v) is 3.51. The van der Waals surface area contributed by atoms with Crippen LogP contribution in [0.25, 0.3) is 10.1 Å². The minimum Gasteiger partial charge on any atom is -0.489 e. The monoisotopic (exact) mass is 410 g/mol. The van der Waals surface area contributed by atoms with Crippen molar-refractivity contribution < 1.29 is 14.6 Å². The van der Waals surface area contributed by atoms with Gasteiger partial charge in [-0.05, 0) is 58.3 Å². The second-order valence-electron chi connectivity index (χ2n) is 4.45. The zero-order valence-corrected chi connectivity index (χ0v) is 13.8. The summed E-state index contributed by atoms with van der Waals surface area (Å²) in [5, 5.41) is 10.3. The molecule has 0 unspecified atom stereocenters. The smallest absolute Gasteiger partial charge is 0.346 e. The molecule has 106 valence electrons. The molecule has 0 atom stereocenters. The van der Waals surface area contributed by atoms with E-state index >= 15 is 0 Å². The molecule has 0 aliphatic rings. The number of carboxylic acids is 1. The van der Waals surface area contributed by atoms with Gasteiger partial charge in [0.2, 0.25) is 0 Å². The summed E-state index contributed by atoms with van der Waals surface area (Å²) in [6.07, 6.45) is 0. The molecule has 0 aliphatic heterocycles. The van der Waals surface area contributed by atoms with Crippen molar-refractivity contribution in [2.24, 2.45) is 0 Å². The first-order chi connectivity index (χ1) is 10.1. The summed E-state index contributed by atoms with van der Waals surface area (Å²) in [6.45, 7) is 0.256. The van der Waals surface area contributed by atoms with E-state index in [4.69, 9.17) is 4.74 Å². The quantitative estimate of drug-likeness (QED) is 0.630. The Balaban J connectivity index is 1.93. The Morgan fingerprint density at radius 3 is 2.57 bits per heavy atom. The highest BCUT2D eigenvalue weighted by molar-refractivity contribution is 14.1. The predicted molar refractivity (Wildman–Crippen MR) is 92.3 cm³/mol. The molecule has 1 N–H and O–H groups in total. The van der Waals surface area contributed by atoms with Gasteiger partial charge < -0.3 is 9.84 Å². The highest BCUT2D eigenvalue weighted by atomic mass is 127. The first-order valence-electron chi connectivity index (χ1n) is 6.27. The summed E-state index contributed by atoms with van der Waals surface area (Å²) in [7, 11) is 0. The average Bonchev–Trinajstić information content (AvgIpc) is 2.86. The number of rotatable bonds is 4. The van der Waals surface area contributed by atoms with Gasteiger partial charge >= 0.3 is 5.97 Å². The first-order valence-corrected chi connectivity index (χ1v) is 8.17. The van der Waals surface area contributed by atoms with E-state index in [0.717, 1.165) is 25.0 Å². The van der Waals surface area contributed by atoms with E-state index in [1.165, 1.54) is 11.3 Å². The van der Waals surface area contributed by atoms with E-state index in [-0.39, 0.29) is 6.61 Å². The Hall–Kier alpha value is -1.60. The number of carbonyl (C=O) groups is 1. The van der Waals surface area contributed by atoms with Gasteiger partial charge in [0.1, 0.15) is 17.2 Å². The second kappa shape index (κ2) is 6.03. The first kappa shape index (κ1) is 14.3. The molecule has 0 fully saturated rings. The zero-order valence-electron chi connectivity index (χ0n) is 10.9. The van der Waals surface area contributed by atoms with Gasteiger partial charge in [-0.3, -0.25) is 0 Å². The molecule has 5 heteroatoms. The lowest BCUT2D eigenvalue weighted by Crippen LogP contribution is -2.02. The second-order valence-corrected chi connectivity index (χ2v) is 6.75. The molecule has 0 saturated carbocycles. The van der Waals surface area contributed by atoms with Crippen LogP contribution in [0, 0.1) is 3.57 Å². The van der Waals surface area contributed by atoms with Crippen molar-refractivity contribution in [3.8, 4) is 5.75 Å². The number of halogens is 1. The Morgan fingerprint density at radius 2 is 1.86 bits per heavy atom. The number of benzene rings is 2. The van der Waals surface area contributed by atoms with Gasteiger partial charge in [-0.1, -0.05) is 18.2 Å². The molecule has 3 rings (SSSR count). The van der Waals surface area contributed by atoms with Crippen molar-refractivity contribution >= 4 is 50.0 Å². The van der Waals surface area contributed by atoms with Gasteiger partial charge in [0.25, 0.3) is 0 Å². The van der Waals surface area contributed by atoms with Crippen LogP contribution in [0.3, 0.4) is 0 Å². The van der Waals surface area contributed by atoms with E-state index < -0.39 is 5.97 Å². The maximum Gasteiger partial charge on any atom is 0.346 e. The summed E-state index contributed by atoms with van der Waals surface area (Å²) in [6, 6.07) is 15.4. The van der Waals surface area contributed by atoms with Crippen LogP contribution in [0.2, 0.25) is 0 Å². The minimum absolute atomic E-state index is 0.256. The maximum atomic E-state index is 11.4. The third-order valence-corrected chi connectivity index (χ3v) is 5.01. The average molecular weight is 410 g/mol. The maximum absolute atomic E-state index is 11.4. The third-order valence-electron chi connectivity index (χ3n) is 3.09. The molecule has 0 saturated heterocycles. The topological polar surface area (TPSA) is 46.5 Å². The molecular formula is C16H11IO3S. The molecule has 1 aromatic heterocycles. The van der Waals surface area contributed by atoms with Crippen LogP contribution in [-0.4, -0.2) is 11.1 Å². The van der Waals surface area contributed by atoms with Crippen LogP contribution < -0.4 is 4.74 Å². The Kier molecular flexibility index (Phi) is 4.12. The van der Waals surface area contributed by atoms with Crippen LogP contribution in [0.15, 0.2) is 48.5 Å². The molecule has 0 amide bonds. The summed E-state index contributed by atoms with van der Waals surface area (Å²) in [5.41, 5.74) is 0.738. The lowest BCUT2D eigenvalue weighted by molar-refractivity contribution is 0.0699. The molecule has 0 radical (unpaired) electrons. The van der Waals surface area contributed by atoms with Crippen LogP contribution in [0.5, 0.6) is 5.75 Å². The highest BCUT2D eigenvalue weighted by Gasteiger charge is 2.17. The Labute approximate surface area is 139 Å². The largest absolute Gasteiger partial charge is 0.489 e. The fraction of sp³-hybridized carbons (Fsp3) is 0.0625. The summed E-state index contributed by atoms with van der Waals surface area (Å²) in [5.74, 6) is -0.167. The van der Waals surface area contributed by atoms with Crippen molar-refractivity contribution in [1.82, 2.24) is 0 Å². The van der Waals surface area contributed by atoms with Crippen LogP contribution >= 0.6 is 33.9 Å². The molecule has 0 bridgehead atoms. The number of hydrogen-bond acceptors (Lipinski definition) is 3. The van der Waals surface area contributed by atoms with Gasteiger partial charge in [-0.2, -0.15) is 0 Å². The standard InChI is InChI=1S/C16H11IO3S/c17-10-5-7-11(8-6-10)20-9-13-12-3-1-2-4-14(12)21-15(13)16(18)19/h1-8H,9H2,(H,18,19). The van der Waals surface area contributed by atoms with Crippen LogP contribution in [-0.2, 0) is 6.61 Å². The third kappa shape index (κ3) is 3.03. The Bertz CT molecular complexity index is 793. The van der Waals surface area contributed by atoms with Crippen molar-refractivity contribution in [2.45, 2.75) is 6.61 Å². The lowest BCUT2D eigenvalue weighted by Gasteiger charge is -2.06. The minimum atomic E-state index is -0.905. The number of hydrogen-bond donors (Lipinski definition) is 1. The van der Waals surface area contributed by atoms with Crippen molar-refractivity contribution in [3.05, 3.63) is 62.5 Å². The molecule has 0 aliphatic carbocycles. The summed E-state index contributed by atoms with van der Waals surface area (Å²) < 4.78 is 7.84. The number of aromatic carboxylic acids is 1. The van der Waals surface area contributed by atoms with Gasteiger partial charge in [0, 0.05) is 13.8 Å². The molecule has 0 spiro atoms. The van der Waals surface area contributed by atoms with Gasteiger partial charge in [-0.15, -0.1) is 11.3 Å². The predicted octanol–water partition coefficient (Wildman–Crippen LogP) is 4.78. The molecule has 2 aromatic carbocycles. The van der Waals surface area contributed by atoms with Crippen molar-refractivity contribution in [2.75, 3.05) is 0 Å². The molecular weight excluding hydrogens is 399 g/mol. The lowest BCUT2D eigenvalue weighted by atomic mass is 10.1. The van der Waals surface area contributed by atoms with Crippen LogP contribution in [0.1, 0.15) is 15.2 Å². The number of ether oxygens (including phenoxy) is 1. The van der Waals surface area contributed by atoms with E-state index in [2.05, 4.69) is 22.6 Å². The number of carboxylic acid groups (broad SMARTS) is 1. The van der Waals surface area contributed by atoms with E-state index in [9.17, 15) is 9.90 Å². The molecule has 21 heavy (non-hydrogen) atoms.